The summed E-state index contributed by atoms with van der Waals surface area (Å²) in [5, 5.41) is 2.43. The number of aromatic nitrogens is 1. The van der Waals surface area contributed by atoms with Crippen molar-refractivity contribution in [1.82, 2.24) is 4.98 Å². The van der Waals surface area contributed by atoms with Crippen LogP contribution >= 0.6 is 0 Å². The van der Waals surface area contributed by atoms with E-state index in [-0.39, 0.29) is 0 Å². The van der Waals surface area contributed by atoms with Crippen LogP contribution < -0.4 is 9.47 Å². The lowest BCUT2D eigenvalue weighted by Gasteiger charge is -2.06. The highest BCUT2D eigenvalue weighted by Crippen LogP contribution is 2.34. The lowest BCUT2D eigenvalue weighted by atomic mass is 10.00. The van der Waals surface area contributed by atoms with Gasteiger partial charge in [0.15, 0.2) is 0 Å². The molecule has 142 valence electrons. The first-order chi connectivity index (χ1) is 14.2. The summed E-state index contributed by atoms with van der Waals surface area (Å²) in [4.78, 5) is 3.53. The quantitative estimate of drug-likeness (QED) is 0.378. The summed E-state index contributed by atoms with van der Waals surface area (Å²) in [6.07, 6.45) is 0. The molecule has 0 spiro atoms. The van der Waals surface area contributed by atoms with E-state index < -0.39 is 0 Å². The molecule has 0 fully saturated rings. The van der Waals surface area contributed by atoms with Crippen LogP contribution in [0.5, 0.6) is 11.5 Å². The number of hydrogen-bond donors (Lipinski definition) is 1. The Labute approximate surface area is 169 Å². The Hall–Kier alpha value is -3.72. The average Bonchev–Trinajstić information content (AvgIpc) is 3.16. The molecule has 5 rings (SSSR count). The maximum Gasteiger partial charge on any atom is 0.119 e. The molecule has 0 bridgehead atoms. The van der Waals surface area contributed by atoms with E-state index in [1.165, 1.54) is 21.9 Å². The van der Waals surface area contributed by atoms with Crippen molar-refractivity contribution in [3.63, 3.8) is 0 Å². The number of ether oxygens (including phenoxy) is 2. The average molecular weight is 379 g/mol. The van der Waals surface area contributed by atoms with Crippen molar-refractivity contribution < 1.29 is 9.47 Å². The van der Waals surface area contributed by atoms with Crippen molar-refractivity contribution in [2.24, 2.45) is 0 Å². The van der Waals surface area contributed by atoms with Gasteiger partial charge >= 0.3 is 0 Å². The minimum Gasteiger partial charge on any atom is -0.497 e. The molecular weight excluding hydrogens is 358 g/mol. The fourth-order valence-corrected chi connectivity index (χ4v) is 3.86. The number of nitrogens with one attached hydrogen (secondary N) is 1. The van der Waals surface area contributed by atoms with Gasteiger partial charge in [0.1, 0.15) is 11.5 Å². The molecule has 3 heteroatoms. The number of methoxy groups -OCH3 is 2. The number of benzene rings is 4. The van der Waals surface area contributed by atoms with Gasteiger partial charge in [-0.1, -0.05) is 36.4 Å². The summed E-state index contributed by atoms with van der Waals surface area (Å²) < 4.78 is 10.8. The normalized spacial score (nSPS) is 11.1. The zero-order chi connectivity index (χ0) is 19.8. The van der Waals surface area contributed by atoms with Gasteiger partial charge in [0.05, 0.1) is 14.2 Å². The summed E-state index contributed by atoms with van der Waals surface area (Å²) in [5.74, 6) is 1.73. The van der Waals surface area contributed by atoms with Crippen molar-refractivity contribution in [2.75, 3.05) is 14.2 Å². The number of hydrogen-bond acceptors (Lipinski definition) is 2. The molecule has 0 atom stereocenters. The largest absolute Gasteiger partial charge is 0.497 e. The third-order valence-corrected chi connectivity index (χ3v) is 5.40. The lowest BCUT2D eigenvalue weighted by molar-refractivity contribution is 0.415. The second-order valence-electron chi connectivity index (χ2n) is 7.11. The van der Waals surface area contributed by atoms with E-state index in [0.29, 0.717) is 0 Å². The van der Waals surface area contributed by atoms with Gasteiger partial charge in [-0.25, -0.2) is 0 Å². The minimum absolute atomic E-state index is 0.863. The highest BCUT2D eigenvalue weighted by molar-refractivity contribution is 6.09. The molecule has 4 aromatic carbocycles. The van der Waals surface area contributed by atoms with Crippen molar-refractivity contribution in [3.05, 3.63) is 84.9 Å². The van der Waals surface area contributed by atoms with E-state index in [9.17, 15) is 0 Å². The topological polar surface area (TPSA) is 34.2 Å². The van der Waals surface area contributed by atoms with Crippen LogP contribution in [-0.2, 0) is 0 Å². The molecule has 1 N–H and O–H groups in total. The molecule has 3 nitrogen and oxygen atoms in total. The Balaban J connectivity index is 1.66. The zero-order valence-electron chi connectivity index (χ0n) is 16.4. The highest BCUT2D eigenvalue weighted by Gasteiger charge is 2.09. The molecule has 5 aromatic rings. The third kappa shape index (κ3) is 3.11. The van der Waals surface area contributed by atoms with Gasteiger partial charge in [-0.2, -0.15) is 0 Å². The zero-order valence-corrected chi connectivity index (χ0v) is 16.4. The summed E-state index contributed by atoms with van der Waals surface area (Å²) in [6.45, 7) is 0. The van der Waals surface area contributed by atoms with Crippen LogP contribution in [0.3, 0.4) is 0 Å². The Kier molecular flexibility index (Phi) is 4.21. The van der Waals surface area contributed by atoms with E-state index in [1.54, 1.807) is 14.2 Å². The van der Waals surface area contributed by atoms with Crippen molar-refractivity contribution >= 4 is 21.8 Å². The molecular formula is C26H21NO2. The second kappa shape index (κ2) is 7.02. The third-order valence-electron chi connectivity index (χ3n) is 5.40. The van der Waals surface area contributed by atoms with Gasteiger partial charge in [0.25, 0.3) is 0 Å². The van der Waals surface area contributed by atoms with Gasteiger partial charge in [-0.3, -0.25) is 0 Å². The maximum absolute atomic E-state index is 5.39. The fraction of sp³-hybridized carbons (Fsp3) is 0.0769. The maximum atomic E-state index is 5.39. The summed E-state index contributed by atoms with van der Waals surface area (Å²) in [6, 6.07) is 29.4. The first kappa shape index (κ1) is 17.4. The van der Waals surface area contributed by atoms with Gasteiger partial charge in [-0.05, 0) is 70.8 Å². The van der Waals surface area contributed by atoms with Crippen LogP contribution in [0.4, 0.5) is 0 Å². The van der Waals surface area contributed by atoms with Crippen LogP contribution in [0.1, 0.15) is 0 Å². The van der Waals surface area contributed by atoms with Crippen LogP contribution in [0.15, 0.2) is 84.9 Å². The number of H-pyrrole nitrogens is 1. The van der Waals surface area contributed by atoms with E-state index in [0.717, 1.165) is 33.7 Å². The first-order valence-corrected chi connectivity index (χ1v) is 9.59. The molecule has 0 aliphatic carbocycles. The molecule has 0 saturated carbocycles. The van der Waals surface area contributed by atoms with Gasteiger partial charge < -0.3 is 14.5 Å². The predicted octanol–water partition coefficient (Wildman–Crippen LogP) is 6.67. The Morgan fingerprint density at radius 2 is 0.966 bits per heavy atom. The minimum atomic E-state index is 0.863. The summed E-state index contributed by atoms with van der Waals surface area (Å²) in [7, 11) is 3.39. The van der Waals surface area contributed by atoms with E-state index in [1.807, 2.05) is 24.3 Å². The van der Waals surface area contributed by atoms with Crippen LogP contribution in [0.2, 0.25) is 0 Å². The van der Waals surface area contributed by atoms with Gasteiger partial charge in [0.2, 0.25) is 0 Å². The van der Waals surface area contributed by atoms with Crippen LogP contribution in [0.25, 0.3) is 44.1 Å². The second-order valence-corrected chi connectivity index (χ2v) is 7.11. The van der Waals surface area contributed by atoms with E-state index in [4.69, 9.17) is 9.47 Å². The molecule has 1 aromatic heterocycles. The monoisotopic (exact) mass is 379 g/mol. The van der Waals surface area contributed by atoms with Crippen molar-refractivity contribution in [3.8, 4) is 33.8 Å². The highest BCUT2D eigenvalue weighted by atomic mass is 16.5. The van der Waals surface area contributed by atoms with Gasteiger partial charge in [-0.15, -0.1) is 0 Å². The Morgan fingerprint density at radius 1 is 0.517 bits per heavy atom. The molecule has 0 aliphatic rings. The first-order valence-electron chi connectivity index (χ1n) is 9.59. The van der Waals surface area contributed by atoms with E-state index in [2.05, 4.69) is 65.6 Å². The molecule has 0 unspecified atom stereocenters. The molecule has 1 heterocycles. The molecule has 0 amide bonds. The molecule has 0 aliphatic heterocycles. The number of fused-ring (bicyclic) bond motifs is 3. The smallest absolute Gasteiger partial charge is 0.119 e. The SMILES string of the molecule is COc1cccc(-c2ccc3[nH]c4ccc(-c5cccc(OC)c5)cc4c3c2)c1. The molecule has 29 heavy (non-hydrogen) atoms. The Morgan fingerprint density at radius 3 is 1.41 bits per heavy atom. The Bertz CT molecular complexity index is 1230. The summed E-state index contributed by atoms with van der Waals surface area (Å²) >= 11 is 0. The fourth-order valence-electron chi connectivity index (χ4n) is 3.86. The molecule has 0 saturated heterocycles. The molecule has 0 radical (unpaired) electrons. The number of rotatable bonds is 4. The van der Waals surface area contributed by atoms with E-state index >= 15 is 0 Å². The van der Waals surface area contributed by atoms with Gasteiger partial charge in [0, 0.05) is 21.8 Å². The van der Waals surface area contributed by atoms with Crippen molar-refractivity contribution in [2.45, 2.75) is 0 Å². The lowest BCUT2D eigenvalue weighted by Crippen LogP contribution is -1.84. The summed E-state index contributed by atoms with van der Waals surface area (Å²) in [5.41, 5.74) is 6.89. The van der Waals surface area contributed by atoms with Crippen molar-refractivity contribution in [1.29, 1.82) is 0 Å². The van der Waals surface area contributed by atoms with Crippen LogP contribution in [0, 0.1) is 0 Å². The number of aromatic amines is 1. The predicted molar refractivity (Wildman–Crippen MR) is 120 cm³/mol. The standard InChI is InChI=1S/C26H21NO2/c1-28-21-7-3-5-17(13-21)19-9-11-25-23(15-19)24-16-20(10-12-26(24)27-25)18-6-4-8-22(14-18)29-2/h3-16,27H,1-2H3. The van der Waals surface area contributed by atoms with Crippen LogP contribution in [-0.4, -0.2) is 19.2 Å².